The minimum Gasteiger partial charge on any atom is -0.451 e. The van der Waals surface area contributed by atoms with E-state index in [2.05, 4.69) is 15.3 Å². The molecule has 2 heterocycles. The molecule has 1 saturated heterocycles. The van der Waals surface area contributed by atoms with Crippen LogP contribution in [0.3, 0.4) is 0 Å². The number of aryl methyl sites for hydroxylation is 1. The van der Waals surface area contributed by atoms with Gasteiger partial charge in [0.2, 0.25) is 0 Å². The molecule has 0 bridgehead atoms. The van der Waals surface area contributed by atoms with Gasteiger partial charge < -0.3 is 19.9 Å². The molecule has 146 valence electrons. The summed E-state index contributed by atoms with van der Waals surface area (Å²) >= 11 is 0. The van der Waals surface area contributed by atoms with Crippen molar-refractivity contribution in [3.63, 3.8) is 0 Å². The Kier molecular flexibility index (Phi) is 6.15. The highest BCUT2D eigenvalue weighted by atomic mass is 16.5. The lowest BCUT2D eigenvalue weighted by Gasteiger charge is -2.34. The molecule has 0 unspecified atom stereocenters. The first-order valence-electron chi connectivity index (χ1n) is 8.87. The Morgan fingerprint density at radius 3 is 2.32 bits per heavy atom. The molecule has 2 aromatic rings. The molecular formula is C19H21N5O4. The highest BCUT2D eigenvalue weighted by Crippen LogP contribution is 2.09. The van der Waals surface area contributed by atoms with E-state index in [9.17, 15) is 14.4 Å². The molecular weight excluding hydrogens is 362 g/mol. The standard InChI is InChI=1S/C19H21N5O4/c1-14-11-21-16(12-20-14)18(26)28-13-17(25)23-7-9-24(10-8-23)19(27)22-15-5-3-2-4-6-15/h2-6,11-12H,7-10,13H2,1H3,(H,22,27). The van der Waals surface area contributed by atoms with E-state index in [-0.39, 0.29) is 24.2 Å². The molecule has 1 aliphatic heterocycles. The SMILES string of the molecule is Cc1cnc(C(=O)OCC(=O)N2CCN(C(=O)Nc3ccccc3)CC2)cn1. The Bertz CT molecular complexity index is 833. The van der Waals surface area contributed by atoms with E-state index in [1.165, 1.54) is 12.4 Å². The second kappa shape index (κ2) is 8.94. The number of nitrogens with one attached hydrogen (secondary N) is 1. The molecule has 3 rings (SSSR count). The second-order valence-electron chi connectivity index (χ2n) is 6.28. The van der Waals surface area contributed by atoms with Crippen LogP contribution in [0, 0.1) is 6.92 Å². The summed E-state index contributed by atoms with van der Waals surface area (Å²) in [6, 6.07) is 8.97. The number of hydrogen-bond donors (Lipinski definition) is 1. The van der Waals surface area contributed by atoms with E-state index in [0.29, 0.717) is 31.9 Å². The molecule has 0 saturated carbocycles. The fourth-order valence-electron chi connectivity index (χ4n) is 2.67. The molecule has 0 radical (unpaired) electrons. The summed E-state index contributed by atoms with van der Waals surface area (Å²) in [5.74, 6) is -1.00. The number of amides is 3. The molecule has 0 atom stereocenters. The lowest BCUT2D eigenvalue weighted by Crippen LogP contribution is -2.52. The van der Waals surface area contributed by atoms with Gasteiger partial charge in [0.1, 0.15) is 0 Å². The highest BCUT2D eigenvalue weighted by molar-refractivity contribution is 5.90. The molecule has 9 nitrogen and oxygen atoms in total. The summed E-state index contributed by atoms with van der Waals surface area (Å²) in [4.78, 5) is 47.5. The van der Waals surface area contributed by atoms with Crippen LogP contribution in [0.4, 0.5) is 10.5 Å². The molecule has 1 aromatic heterocycles. The number of piperazine rings is 1. The van der Waals surface area contributed by atoms with E-state index in [1.807, 2.05) is 30.3 Å². The van der Waals surface area contributed by atoms with Crippen LogP contribution in [0.2, 0.25) is 0 Å². The third-order valence-corrected chi connectivity index (χ3v) is 4.26. The van der Waals surface area contributed by atoms with E-state index < -0.39 is 5.97 Å². The first-order valence-corrected chi connectivity index (χ1v) is 8.87. The number of carbonyl (C=O) groups is 3. The minimum atomic E-state index is -0.693. The quantitative estimate of drug-likeness (QED) is 0.799. The molecule has 1 fully saturated rings. The van der Waals surface area contributed by atoms with Crippen LogP contribution in [0.5, 0.6) is 0 Å². The third kappa shape index (κ3) is 5.03. The fourth-order valence-corrected chi connectivity index (χ4v) is 2.67. The number of anilines is 1. The van der Waals surface area contributed by atoms with Crippen molar-refractivity contribution in [2.45, 2.75) is 6.92 Å². The van der Waals surface area contributed by atoms with Gasteiger partial charge in [-0.2, -0.15) is 0 Å². The van der Waals surface area contributed by atoms with Crippen molar-refractivity contribution in [1.82, 2.24) is 19.8 Å². The first-order chi connectivity index (χ1) is 13.5. The number of carbonyl (C=O) groups excluding carboxylic acids is 3. The maximum absolute atomic E-state index is 12.3. The van der Waals surface area contributed by atoms with Crippen LogP contribution >= 0.6 is 0 Å². The van der Waals surface area contributed by atoms with Crippen LogP contribution in [0.15, 0.2) is 42.7 Å². The van der Waals surface area contributed by atoms with Gasteiger partial charge in [-0.15, -0.1) is 0 Å². The van der Waals surface area contributed by atoms with E-state index in [1.54, 1.807) is 16.7 Å². The van der Waals surface area contributed by atoms with Crippen LogP contribution in [0.1, 0.15) is 16.2 Å². The van der Waals surface area contributed by atoms with Crippen LogP contribution < -0.4 is 5.32 Å². The van der Waals surface area contributed by atoms with Gasteiger partial charge in [0, 0.05) is 38.1 Å². The van der Waals surface area contributed by atoms with Gasteiger partial charge in [-0.3, -0.25) is 9.78 Å². The third-order valence-electron chi connectivity index (χ3n) is 4.26. The number of benzene rings is 1. The van der Waals surface area contributed by atoms with Gasteiger partial charge in [0.25, 0.3) is 5.91 Å². The van der Waals surface area contributed by atoms with Crippen molar-refractivity contribution in [2.75, 3.05) is 38.1 Å². The molecule has 9 heteroatoms. The first kappa shape index (κ1) is 19.3. The average Bonchev–Trinajstić information content (AvgIpc) is 2.73. The largest absolute Gasteiger partial charge is 0.451 e. The monoisotopic (exact) mass is 383 g/mol. The zero-order valence-electron chi connectivity index (χ0n) is 15.5. The van der Waals surface area contributed by atoms with Gasteiger partial charge >= 0.3 is 12.0 Å². The molecule has 28 heavy (non-hydrogen) atoms. The predicted molar refractivity (Wildman–Crippen MR) is 101 cm³/mol. The highest BCUT2D eigenvalue weighted by Gasteiger charge is 2.25. The molecule has 1 aliphatic rings. The molecule has 0 aliphatic carbocycles. The average molecular weight is 383 g/mol. The normalized spacial score (nSPS) is 13.8. The summed E-state index contributed by atoms with van der Waals surface area (Å²) in [5.41, 5.74) is 1.46. The molecule has 3 amide bonds. The van der Waals surface area contributed by atoms with Gasteiger partial charge in [-0.25, -0.2) is 14.6 Å². The number of hydrogen-bond acceptors (Lipinski definition) is 6. The van der Waals surface area contributed by atoms with Crippen molar-refractivity contribution in [2.24, 2.45) is 0 Å². The summed E-state index contributed by atoms with van der Waals surface area (Å²) < 4.78 is 5.01. The minimum absolute atomic E-state index is 0.0563. The van der Waals surface area contributed by atoms with Gasteiger partial charge in [0.05, 0.1) is 11.9 Å². The van der Waals surface area contributed by atoms with Crippen molar-refractivity contribution in [1.29, 1.82) is 0 Å². The number of aromatic nitrogens is 2. The number of para-hydroxylation sites is 1. The van der Waals surface area contributed by atoms with E-state index >= 15 is 0 Å². The lowest BCUT2D eigenvalue weighted by molar-refractivity contribution is -0.135. The number of rotatable bonds is 4. The fraction of sp³-hybridized carbons (Fsp3) is 0.316. The second-order valence-corrected chi connectivity index (χ2v) is 6.28. The van der Waals surface area contributed by atoms with Crippen LogP contribution in [-0.4, -0.2) is 70.5 Å². The Labute approximate surface area is 162 Å². The predicted octanol–water partition coefficient (Wildman–Crippen LogP) is 1.32. The van der Waals surface area contributed by atoms with Crippen LogP contribution in [-0.2, 0) is 9.53 Å². The number of ether oxygens (including phenoxy) is 1. The van der Waals surface area contributed by atoms with Crippen molar-refractivity contribution in [3.8, 4) is 0 Å². The summed E-state index contributed by atoms with van der Waals surface area (Å²) in [7, 11) is 0. The van der Waals surface area contributed by atoms with Crippen molar-refractivity contribution < 1.29 is 19.1 Å². The summed E-state index contributed by atoms with van der Waals surface area (Å²) in [6.07, 6.45) is 2.77. The van der Waals surface area contributed by atoms with Crippen molar-refractivity contribution >= 4 is 23.6 Å². The summed E-state index contributed by atoms with van der Waals surface area (Å²) in [6.45, 7) is 2.95. The zero-order valence-corrected chi connectivity index (χ0v) is 15.5. The number of urea groups is 1. The van der Waals surface area contributed by atoms with E-state index in [0.717, 1.165) is 5.69 Å². The number of nitrogens with zero attached hydrogens (tertiary/aromatic N) is 4. The number of esters is 1. The lowest BCUT2D eigenvalue weighted by atomic mass is 10.3. The maximum Gasteiger partial charge on any atom is 0.359 e. The van der Waals surface area contributed by atoms with Gasteiger partial charge in [-0.1, -0.05) is 18.2 Å². The summed E-state index contributed by atoms with van der Waals surface area (Å²) in [5, 5.41) is 2.82. The smallest absolute Gasteiger partial charge is 0.359 e. The van der Waals surface area contributed by atoms with E-state index in [4.69, 9.17) is 4.74 Å². The van der Waals surface area contributed by atoms with Crippen LogP contribution in [0.25, 0.3) is 0 Å². The molecule has 1 aromatic carbocycles. The Morgan fingerprint density at radius 2 is 1.68 bits per heavy atom. The maximum atomic E-state index is 12.3. The Hall–Kier alpha value is -3.49. The topological polar surface area (TPSA) is 105 Å². The molecule has 1 N–H and O–H groups in total. The van der Waals surface area contributed by atoms with Gasteiger partial charge in [0.15, 0.2) is 12.3 Å². The Balaban J connectivity index is 1.42. The Morgan fingerprint density at radius 1 is 1.00 bits per heavy atom. The molecule has 0 spiro atoms. The van der Waals surface area contributed by atoms with Gasteiger partial charge in [-0.05, 0) is 19.1 Å². The van der Waals surface area contributed by atoms with Crippen molar-refractivity contribution in [3.05, 3.63) is 54.1 Å². The zero-order chi connectivity index (χ0) is 19.9.